The number of aryl methyl sites for hydroxylation is 1. The van der Waals surface area contributed by atoms with Crippen LogP contribution in [0.3, 0.4) is 0 Å². The van der Waals surface area contributed by atoms with Gasteiger partial charge < -0.3 is 9.73 Å². The van der Waals surface area contributed by atoms with E-state index >= 15 is 0 Å². The number of hydrogen-bond acceptors (Lipinski definition) is 3. The Morgan fingerprint density at radius 1 is 1.56 bits per heavy atom. The van der Waals surface area contributed by atoms with E-state index in [2.05, 4.69) is 17.3 Å². The molecule has 2 aromatic heterocycles. The van der Waals surface area contributed by atoms with Crippen molar-refractivity contribution < 1.29 is 4.42 Å². The van der Waals surface area contributed by atoms with E-state index in [1.807, 2.05) is 30.2 Å². The highest BCUT2D eigenvalue weighted by atomic mass is 16.3. The number of rotatable bonds is 5. The first-order valence-corrected chi connectivity index (χ1v) is 5.48. The van der Waals surface area contributed by atoms with E-state index in [1.165, 1.54) is 11.1 Å². The van der Waals surface area contributed by atoms with Crippen molar-refractivity contribution in [1.82, 2.24) is 15.1 Å². The maximum absolute atomic E-state index is 5.05. The lowest BCUT2D eigenvalue weighted by Gasteiger charge is -2.10. The molecule has 16 heavy (non-hydrogen) atoms. The quantitative estimate of drug-likeness (QED) is 0.835. The topological polar surface area (TPSA) is 43.0 Å². The SMILES string of the molecule is CC(NCCc1cnn(C)c1)c1ccoc1. The molecule has 0 bridgehead atoms. The summed E-state index contributed by atoms with van der Waals surface area (Å²) in [6, 6.07) is 2.32. The fraction of sp³-hybridized carbons (Fsp3) is 0.417. The average molecular weight is 219 g/mol. The van der Waals surface area contributed by atoms with E-state index < -0.39 is 0 Å². The molecule has 0 saturated carbocycles. The van der Waals surface area contributed by atoms with Crippen molar-refractivity contribution in [2.24, 2.45) is 7.05 Å². The Kier molecular flexibility index (Phi) is 3.41. The Morgan fingerprint density at radius 3 is 3.06 bits per heavy atom. The van der Waals surface area contributed by atoms with Gasteiger partial charge in [0.15, 0.2) is 0 Å². The van der Waals surface area contributed by atoms with E-state index in [9.17, 15) is 0 Å². The molecule has 2 heterocycles. The first kappa shape index (κ1) is 11.0. The second-order valence-corrected chi connectivity index (χ2v) is 4.00. The highest BCUT2D eigenvalue weighted by Gasteiger charge is 2.05. The molecular formula is C12H17N3O. The van der Waals surface area contributed by atoms with Crippen LogP contribution in [0.2, 0.25) is 0 Å². The lowest BCUT2D eigenvalue weighted by molar-refractivity contribution is 0.540. The zero-order valence-electron chi connectivity index (χ0n) is 9.68. The third-order valence-corrected chi connectivity index (χ3v) is 2.67. The molecule has 1 unspecified atom stereocenters. The second-order valence-electron chi connectivity index (χ2n) is 4.00. The minimum absolute atomic E-state index is 0.329. The molecule has 2 aromatic rings. The van der Waals surface area contributed by atoms with Crippen molar-refractivity contribution >= 4 is 0 Å². The zero-order chi connectivity index (χ0) is 11.4. The van der Waals surface area contributed by atoms with Gasteiger partial charge in [-0.1, -0.05) is 0 Å². The first-order chi connectivity index (χ1) is 7.75. The summed E-state index contributed by atoms with van der Waals surface area (Å²) in [6.45, 7) is 3.08. The summed E-state index contributed by atoms with van der Waals surface area (Å²) in [6.07, 6.45) is 8.43. The van der Waals surface area contributed by atoms with Gasteiger partial charge in [-0.2, -0.15) is 5.10 Å². The summed E-state index contributed by atoms with van der Waals surface area (Å²) in [4.78, 5) is 0. The molecule has 4 heteroatoms. The molecule has 0 spiro atoms. The molecular weight excluding hydrogens is 202 g/mol. The number of aromatic nitrogens is 2. The van der Waals surface area contributed by atoms with Gasteiger partial charge in [-0.3, -0.25) is 4.68 Å². The van der Waals surface area contributed by atoms with Crippen molar-refractivity contribution in [1.29, 1.82) is 0 Å². The Balaban J connectivity index is 1.76. The summed E-state index contributed by atoms with van der Waals surface area (Å²) >= 11 is 0. The van der Waals surface area contributed by atoms with Crippen LogP contribution in [0.4, 0.5) is 0 Å². The lowest BCUT2D eigenvalue weighted by Crippen LogP contribution is -2.20. The molecule has 1 N–H and O–H groups in total. The van der Waals surface area contributed by atoms with Gasteiger partial charge in [0.25, 0.3) is 0 Å². The highest BCUT2D eigenvalue weighted by Crippen LogP contribution is 2.11. The van der Waals surface area contributed by atoms with Crippen molar-refractivity contribution in [2.45, 2.75) is 19.4 Å². The molecule has 1 atom stereocenters. The van der Waals surface area contributed by atoms with Crippen LogP contribution in [-0.4, -0.2) is 16.3 Å². The molecule has 2 rings (SSSR count). The monoisotopic (exact) mass is 219 g/mol. The van der Waals surface area contributed by atoms with Crippen LogP contribution in [0.25, 0.3) is 0 Å². The van der Waals surface area contributed by atoms with Gasteiger partial charge >= 0.3 is 0 Å². The van der Waals surface area contributed by atoms with Gasteiger partial charge in [-0.15, -0.1) is 0 Å². The van der Waals surface area contributed by atoms with Gasteiger partial charge in [0.2, 0.25) is 0 Å². The van der Waals surface area contributed by atoms with Crippen LogP contribution in [0, 0.1) is 0 Å². The molecule has 0 saturated heterocycles. The molecule has 0 fully saturated rings. The van der Waals surface area contributed by atoms with Gasteiger partial charge in [-0.25, -0.2) is 0 Å². The Bertz CT molecular complexity index is 419. The lowest BCUT2D eigenvalue weighted by atomic mass is 10.1. The van der Waals surface area contributed by atoms with Crippen molar-refractivity contribution in [3.8, 4) is 0 Å². The van der Waals surface area contributed by atoms with Crippen molar-refractivity contribution in [3.05, 3.63) is 42.1 Å². The Labute approximate surface area is 95.3 Å². The minimum atomic E-state index is 0.329. The number of furan rings is 1. The van der Waals surface area contributed by atoms with Crippen LogP contribution < -0.4 is 5.32 Å². The predicted octanol–water partition coefficient (Wildman–Crippen LogP) is 1.91. The highest BCUT2D eigenvalue weighted by molar-refractivity contribution is 5.10. The largest absolute Gasteiger partial charge is 0.472 e. The van der Waals surface area contributed by atoms with Crippen molar-refractivity contribution in [3.63, 3.8) is 0 Å². The van der Waals surface area contributed by atoms with Gasteiger partial charge in [0, 0.05) is 24.8 Å². The smallest absolute Gasteiger partial charge is 0.0950 e. The summed E-state index contributed by atoms with van der Waals surface area (Å²) in [5.41, 5.74) is 2.44. The maximum atomic E-state index is 5.05. The number of nitrogens with one attached hydrogen (secondary N) is 1. The van der Waals surface area contributed by atoms with Gasteiger partial charge in [0.1, 0.15) is 0 Å². The van der Waals surface area contributed by atoms with Crippen LogP contribution in [0.15, 0.2) is 35.4 Å². The minimum Gasteiger partial charge on any atom is -0.472 e. The first-order valence-electron chi connectivity index (χ1n) is 5.48. The fourth-order valence-electron chi connectivity index (χ4n) is 1.67. The third kappa shape index (κ3) is 2.73. The predicted molar refractivity (Wildman–Crippen MR) is 62.0 cm³/mol. The van der Waals surface area contributed by atoms with Gasteiger partial charge in [-0.05, 0) is 31.5 Å². The summed E-state index contributed by atoms with van der Waals surface area (Å²) < 4.78 is 6.88. The molecule has 0 radical (unpaired) electrons. The average Bonchev–Trinajstić information content (AvgIpc) is 2.89. The second kappa shape index (κ2) is 4.99. The molecule has 0 aliphatic carbocycles. The number of hydrogen-bond donors (Lipinski definition) is 1. The Morgan fingerprint density at radius 2 is 2.44 bits per heavy atom. The normalized spacial score (nSPS) is 12.9. The van der Waals surface area contributed by atoms with E-state index in [0.29, 0.717) is 6.04 Å². The summed E-state index contributed by atoms with van der Waals surface area (Å²) in [5, 5.41) is 7.58. The molecule has 0 aromatic carbocycles. The van der Waals surface area contributed by atoms with E-state index in [1.54, 1.807) is 12.5 Å². The standard InChI is InChI=1S/C12H17N3O/c1-10(12-4-6-16-9-12)13-5-3-11-7-14-15(2)8-11/h4,6-10,13H,3,5H2,1-2H3. The summed E-state index contributed by atoms with van der Waals surface area (Å²) in [7, 11) is 1.94. The number of nitrogens with zero attached hydrogens (tertiary/aromatic N) is 2. The van der Waals surface area contributed by atoms with Crippen LogP contribution in [0.5, 0.6) is 0 Å². The third-order valence-electron chi connectivity index (χ3n) is 2.67. The van der Waals surface area contributed by atoms with Crippen molar-refractivity contribution in [2.75, 3.05) is 6.54 Å². The van der Waals surface area contributed by atoms with E-state index in [0.717, 1.165) is 13.0 Å². The maximum Gasteiger partial charge on any atom is 0.0950 e. The molecule has 0 aliphatic heterocycles. The molecule has 0 aliphatic rings. The van der Waals surface area contributed by atoms with E-state index in [4.69, 9.17) is 4.42 Å². The molecule has 0 amide bonds. The van der Waals surface area contributed by atoms with Crippen LogP contribution in [-0.2, 0) is 13.5 Å². The van der Waals surface area contributed by atoms with Gasteiger partial charge in [0.05, 0.1) is 18.7 Å². The van der Waals surface area contributed by atoms with Crippen LogP contribution in [0.1, 0.15) is 24.1 Å². The molecule has 4 nitrogen and oxygen atoms in total. The summed E-state index contributed by atoms with van der Waals surface area (Å²) in [5.74, 6) is 0. The van der Waals surface area contributed by atoms with Crippen LogP contribution >= 0.6 is 0 Å². The zero-order valence-corrected chi connectivity index (χ0v) is 9.68. The fourth-order valence-corrected chi connectivity index (χ4v) is 1.67. The van der Waals surface area contributed by atoms with E-state index in [-0.39, 0.29) is 0 Å². The molecule has 86 valence electrons. The Hall–Kier alpha value is -1.55.